The van der Waals surface area contributed by atoms with E-state index < -0.39 is 54.8 Å². The predicted octanol–water partition coefficient (Wildman–Crippen LogP) is 2.89. The monoisotopic (exact) mass is 559 g/mol. The fourth-order valence-corrected chi connectivity index (χ4v) is 4.35. The molecule has 11 nitrogen and oxygen atoms in total. The van der Waals surface area contributed by atoms with Crippen molar-refractivity contribution in [1.82, 2.24) is 30.3 Å². The second kappa shape index (κ2) is 12.2. The van der Waals surface area contributed by atoms with Gasteiger partial charge in [-0.05, 0) is 48.4 Å². The molecule has 4 rings (SSSR count). The molecular weight excluding hydrogens is 531 g/mol. The normalized spacial score (nSPS) is 16.1. The van der Waals surface area contributed by atoms with Crippen LogP contribution < -0.4 is 16.0 Å². The number of aryl methyl sites for hydroxylation is 1. The van der Waals surface area contributed by atoms with E-state index in [9.17, 15) is 27.6 Å². The Kier molecular flexibility index (Phi) is 8.67. The first kappa shape index (κ1) is 28.5. The number of hydrogen-bond donors (Lipinski definition) is 3. The molecule has 1 aromatic carbocycles. The van der Waals surface area contributed by atoms with Crippen molar-refractivity contribution in [3.05, 3.63) is 77.5 Å². The van der Waals surface area contributed by atoms with Crippen molar-refractivity contribution < 1.29 is 32.3 Å². The molecule has 1 fully saturated rings. The largest absolute Gasteiger partial charge is 0.382 e. The van der Waals surface area contributed by atoms with E-state index in [1.807, 2.05) is 0 Å². The average molecular weight is 560 g/mol. The quantitative estimate of drug-likeness (QED) is 0.350. The number of urea groups is 1. The van der Waals surface area contributed by atoms with Crippen molar-refractivity contribution in [1.29, 1.82) is 0 Å². The van der Waals surface area contributed by atoms with Gasteiger partial charge in [-0.2, -0.15) is 5.10 Å². The van der Waals surface area contributed by atoms with Gasteiger partial charge in [0, 0.05) is 26.0 Å². The van der Waals surface area contributed by atoms with Crippen molar-refractivity contribution in [2.24, 2.45) is 0 Å². The number of benzene rings is 1. The Labute approximate surface area is 227 Å². The lowest BCUT2D eigenvalue weighted by Crippen LogP contribution is -2.58. The summed E-state index contributed by atoms with van der Waals surface area (Å²) in [5, 5.41) is 11.4. The van der Waals surface area contributed by atoms with Gasteiger partial charge in [-0.25, -0.2) is 22.9 Å². The van der Waals surface area contributed by atoms with Crippen molar-refractivity contribution in [3.63, 3.8) is 0 Å². The average Bonchev–Trinajstić information content (AvgIpc) is 3.41. The number of methoxy groups -OCH3 is 1. The summed E-state index contributed by atoms with van der Waals surface area (Å²) in [4.78, 5) is 43.9. The van der Waals surface area contributed by atoms with Crippen LogP contribution in [0.2, 0.25) is 0 Å². The third-order valence-corrected chi connectivity index (χ3v) is 6.25. The molecule has 0 spiro atoms. The second-order valence-corrected chi connectivity index (χ2v) is 9.07. The molecule has 1 aliphatic rings. The Morgan fingerprint density at radius 1 is 1.18 bits per heavy atom. The van der Waals surface area contributed by atoms with Gasteiger partial charge in [0.1, 0.15) is 23.4 Å². The maximum atomic E-state index is 14.1. The maximum Gasteiger partial charge on any atom is 0.318 e. The molecule has 0 bridgehead atoms. The van der Waals surface area contributed by atoms with Crippen LogP contribution in [0, 0.1) is 5.82 Å². The van der Waals surface area contributed by atoms with Gasteiger partial charge >= 0.3 is 6.03 Å². The first-order chi connectivity index (χ1) is 19.1. The summed E-state index contributed by atoms with van der Waals surface area (Å²) in [6.07, 6.45) is 2.78. The molecule has 212 valence electrons. The van der Waals surface area contributed by atoms with Crippen molar-refractivity contribution in [2.75, 3.05) is 32.1 Å². The zero-order valence-electron chi connectivity index (χ0n) is 21.7. The first-order valence-corrected chi connectivity index (χ1v) is 12.4. The summed E-state index contributed by atoms with van der Waals surface area (Å²) in [5.74, 6) is -5.09. The minimum Gasteiger partial charge on any atom is -0.382 e. The number of pyridine rings is 1. The fourth-order valence-electron chi connectivity index (χ4n) is 4.35. The third kappa shape index (κ3) is 6.57. The van der Waals surface area contributed by atoms with Gasteiger partial charge in [0.25, 0.3) is 17.7 Å². The fraction of sp³-hybridized carbons (Fsp3) is 0.346. The Morgan fingerprint density at radius 2 is 1.98 bits per heavy atom. The van der Waals surface area contributed by atoms with Gasteiger partial charge in [-0.1, -0.05) is 12.1 Å². The van der Waals surface area contributed by atoms with Crippen LogP contribution in [0.4, 0.5) is 23.8 Å². The number of ether oxygens (including phenoxy) is 1. The molecule has 4 amide bonds. The topological polar surface area (TPSA) is 130 Å². The molecule has 3 aromatic rings. The molecule has 14 heteroatoms. The van der Waals surface area contributed by atoms with Crippen LogP contribution in [0.15, 0.2) is 54.9 Å². The lowest BCUT2D eigenvalue weighted by Gasteiger charge is -2.38. The summed E-state index contributed by atoms with van der Waals surface area (Å²) in [6, 6.07) is 6.70. The van der Waals surface area contributed by atoms with Crippen LogP contribution in [0.1, 0.15) is 40.6 Å². The van der Waals surface area contributed by atoms with Gasteiger partial charge in [0.05, 0.1) is 25.7 Å². The van der Waals surface area contributed by atoms with Crippen LogP contribution >= 0.6 is 0 Å². The summed E-state index contributed by atoms with van der Waals surface area (Å²) in [5.41, 5.74) is 0.753. The van der Waals surface area contributed by atoms with E-state index in [0.717, 1.165) is 11.0 Å². The number of anilines is 1. The Balaban J connectivity index is 1.60. The number of hydrogen-bond acceptors (Lipinski definition) is 6. The molecule has 0 saturated carbocycles. The van der Waals surface area contributed by atoms with Crippen molar-refractivity contribution in [2.45, 2.75) is 31.5 Å². The molecule has 1 aliphatic heterocycles. The molecule has 3 heterocycles. The molecule has 2 aromatic heterocycles. The highest BCUT2D eigenvalue weighted by molar-refractivity contribution is 6.00. The van der Waals surface area contributed by atoms with Gasteiger partial charge in [0.2, 0.25) is 0 Å². The number of carbonyl (C=O) groups excluding carboxylic acids is 3. The summed E-state index contributed by atoms with van der Waals surface area (Å²) in [6.45, 7) is 0.510. The van der Waals surface area contributed by atoms with Crippen molar-refractivity contribution >= 4 is 23.7 Å². The van der Waals surface area contributed by atoms with E-state index >= 15 is 0 Å². The van der Waals surface area contributed by atoms with Crippen LogP contribution in [-0.4, -0.2) is 70.2 Å². The van der Waals surface area contributed by atoms with E-state index in [4.69, 9.17) is 4.74 Å². The van der Waals surface area contributed by atoms with Crippen LogP contribution in [0.25, 0.3) is 0 Å². The number of alkyl halides is 2. The van der Waals surface area contributed by atoms with Gasteiger partial charge in [-0.15, -0.1) is 0 Å². The van der Waals surface area contributed by atoms with E-state index in [2.05, 4.69) is 26.0 Å². The number of rotatable bonds is 10. The Morgan fingerprint density at radius 3 is 2.70 bits per heavy atom. The second-order valence-electron chi connectivity index (χ2n) is 9.07. The number of nitrogens with one attached hydrogen (secondary N) is 3. The lowest BCUT2D eigenvalue weighted by atomic mass is 10.0. The summed E-state index contributed by atoms with van der Waals surface area (Å²) >= 11 is 0. The van der Waals surface area contributed by atoms with E-state index in [1.54, 1.807) is 6.92 Å². The molecular formula is C26H28F3N7O4. The van der Waals surface area contributed by atoms with Gasteiger partial charge < -0.3 is 25.6 Å². The number of nitrogens with zero attached hydrogens (tertiary/aromatic N) is 4. The van der Waals surface area contributed by atoms with Crippen molar-refractivity contribution in [3.8, 4) is 0 Å². The number of carbonyl (C=O) groups is 3. The van der Waals surface area contributed by atoms with Crippen LogP contribution in [0.3, 0.4) is 0 Å². The SMILES string of the molecule is CCn1nccc1C(=O)N[C@H](C(=O)Nc1cc([C@@H](COC)N2CC(F)(F)CNC2=O)ccn1)c1cccc(F)c1. The highest BCUT2D eigenvalue weighted by atomic mass is 19.3. The highest BCUT2D eigenvalue weighted by Gasteiger charge is 2.42. The standard InChI is InChI=1S/C26H28F3N7O4/c1-3-36-19(8-10-32-36)23(37)34-22(17-5-4-6-18(27)11-17)24(38)33-21-12-16(7-9-30-21)20(13-40-2)35-15-26(28,29)14-31-25(35)39/h4-12,20,22H,3,13-15H2,1-2H3,(H,31,39)(H,34,37)(H,30,33,38)/t20-,22+/m1/s1. The van der Waals surface area contributed by atoms with E-state index in [-0.39, 0.29) is 23.7 Å². The molecule has 0 radical (unpaired) electrons. The molecule has 3 N–H and O–H groups in total. The lowest BCUT2D eigenvalue weighted by molar-refractivity contribution is -0.118. The zero-order chi connectivity index (χ0) is 28.9. The number of halogens is 3. The van der Waals surface area contributed by atoms with E-state index in [0.29, 0.717) is 12.1 Å². The summed E-state index contributed by atoms with van der Waals surface area (Å²) in [7, 11) is 1.37. The van der Waals surface area contributed by atoms with E-state index in [1.165, 1.54) is 60.6 Å². The number of amides is 4. The Bertz CT molecular complexity index is 1380. The summed E-state index contributed by atoms with van der Waals surface area (Å²) < 4.78 is 48.9. The highest BCUT2D eigenvalue weighted by Crippen LogP contribution is 2.29. The molecule has 40 heavy (non-hydrogen) atoms. The first-order valence-electron chi connectivity index (χ1n) is 12.4. The minimum absolute atomic E-state index is 0.0158. The molecule has 0 unspecified atom stereocenters. The van der Waals surface area contributed by atoms with Gasteiger partial charge in [0.15, 0.2) is 0 Å². The third-order valence-electron chi connectivity index (χ3n) is 6.25. The predicted molar refractivity (Wildman–Crippen MR) is 137 cm³/mol. The number of aromatic nitrogens is 3. The molecule has 1 saturated heterocycles. The van der Waals surface area contributed by atoms with Crippen LogP contribution in [-0.2, 0) is 16.1 Å². The maximum absolute atomic E-state index is 14.1. The van der Waals surface area contributed by atoms with Crippen LogP contribution in [0.5, 0.6) is 0 Å². The smallest absolute Gasteiger partial charge is 0.318 e. The zero-order valence-corrected chi connectivity index (χ0v) is 21.7. The molecule has 2 atom stereocenters. The Hall–Kier alpha value is -4.46. The molecule has 0 aliphatic carbocycles. The minimum atomic E-state index is -3.15. The van der Waals surface area contributed by atoms with Gasteiger partial charge in [-0.3, -0.25) is 14.3 Å².